The lowest BCUT2D eigenvalue weighted by molar-refractivity contribution is -0.139. The largest absolute Gasteiger partial charge is 0.480 e. The molecule has 158 valence electrons. The molecular formula is C24H19BrFNO4. The number of hydrogen-bond acceptors (Lipinski definition) is 3. The van der Waals surface area contributed by atoms with Gasteiger partial charge in [-0.25, -0.2) is 14.0 Å². The minimum Gasteiger partial charge on any atom is -0.480 e. The van der Waals surface area contributed by atoms with Crippen molar-refractivity contribution in [1.29, 1.82) is 0 Å². The molecule has 0 unspecified atom stereocenters. The number of carbonyl (C=O) groups is 2. The molecule has 7 heteroatoms. The van der Waals surface area contributed by atoms with E-state index in [0.29, 0.717) is 5.56 Å². The smallest absolute Gasteiger partial charge is 0.407 e. The lowest BCUT2D eigenvalue weighted by atomic mass is 9.98. The van der Waals surface area contributed by atoms with Crippen molar-refractivity contribution in [2.24, 2.45) is 0 Å². The van der Waals surface area contributed by atoms with E-state index in [-0.39, 0.29) is 23.4 Å². The minimum absolute atomic E-state index is 0.00158. The van der Waals surface area contributed by atoms with Gasteiger partial charge < -0.3 is 15.2 Å². The Balaban J connectivity index is 1.43. The van der Waals surface area contributed by atoms with E-state index in [1.165, 1.54) is 18.2 Å². The average Bonchev–Trinajstić information content (AvgIpc) is 3.08. The predicted molar refractivity (Wildman–Crippen MR) is 117 cm³/mol. The van der Waals surface area contributed by atoms with Crippen molar-refractivity contribution in [2.45, 2.75) is 18.4 Å². The number of carboxylic acid groups (broad SMARTS) is 1. The van der Waals surface area contributed by atoms with Crippen LogP contribution in [0.1, 0.15) is 22.6 Å². The summed E-state index contributed by atoms with van der Waals surface area (Å²) in [5.41, 5.74) is 4.93. The zero-order valence-corrected chi connectivity index (χ0v) is 17.9. The zero-order valence-electron chi connectivity index (χ0n) is 16.3. The molecule has 0 radical (unpaired) electrons. The molecule has 0 heterocycles. The number of fused-ring (bicyclic) bond motifs is 3. The van der Waals surface area contributed by atoms with Gasteiger partial charge in [0.15, 0.2) is 0 Å². The van der Waals surface area contributed by atoms with E-state index < -0.39 is 23.9 Å². The Morgan fingerprint density at radius 3 is 2.23 bits per heavy atom. The number of carbonyl (C=O) groups excluding carboxylic acids is 1. The zero-order chi connectivity index (χ0) is 22.0. The second kappa shape index (κ2) is 8.89. The number of amides is 1. The highest BCUT2D eigenvalue weighted by molar-refractivity contribution is 9.10. The number of benzene rings is 3. The van der Waals surface area contributed by atoms with E-state index in [4.69, 9.17) is 4.74 Å². The van der Waals surface area contributed by atoms with E-state index >= 15 is 0 Å². The Bertz CT molecular complexity index is 1100. The molecule has 1 atom stereocenters. The molecule has 0 aliphatic heterocycles. The van der Waals surface area contributed by atoms with E-state index in [1.807, 2.05) is 48.5 Å². The van der Waals surface area contributed by atoms with Gasteiger partial charge in [0.1, 0.15) is 18.5 Å². The standard InChI is InChI=1S/C24H19BrFNO4/c25-20-11-14(9-10-21(20)26)12-22(23(28)29)27-24(30)31-13-19-17-7-3-1-5-15(17)16-6-2-4-8-18(16)19/h1-11,19,22H,12-13H2,(H,27,30)(H,28,29)/t22-/m0/s1. The Morgan fingerprint density at radius 1 is 1.03 bits per heavy atom. The van der Waals surface area contributed by atoms with Crippen LogP contribution >= 0.6 is 15.9 Å². The summed E-state index contributed by atoms with van der Waals surface area (Å²) < 4.78 is 19.1. The number of rotatable bonds is 6. The van der Waals surface area contributed by atoms with Crippen LogP contribution in [0.4, 0.5) is 9.18 Å². The van der Waals surface area contributed by atoms with Crippen LogP contribution in [-0.2, 0) is 16.0 Å². The van der Waals surface area contributed by atoms with Gasteiger partial charge >= 0.3 is 12.1 Å². The highest BCUT2D eigenvalue weighted by Gasteiger charge is 2.29. The number of alkyl carbamates (subject to hydrolysis) is 1. The van der Waals surface area contributed by atoms with Gasteiger partial charge in [-0.2, -0.15) is 0 Å². The van der Waals surface area contributed by atoms with Gasteiger partial charge in [0, 0.05) is 12.3 Å². The fourth-order valence-electron chi connectivity index (χ4n) is 3.88. The molecule has 2 N–H and O–H groups in total. The Labute approximate surface area is 187 Å². The number of carboxylic acids is 1. The lowest BCUT2D eigenvalue weighted by Crippen LogP contribution is -2.42. The summed E-state index contributed by atoms with van der Waals surface area (Å²) in [6, 6.07) is 18.9. The number of hydrogen-bond donors (Lipinski definition) is 2. The van der Waals surface area contributed by atoms with Crippen molar-refractivity contribution in [3.8, 4) is 11.1 Å². The topological polar surface area (TPSA) is 75.6 Å². The van der Waals surface area contributed by atoms with E-state index in [1.54, 1.807) is 0 Å². The van der Waals surface area contributed by atoms with Crippen LogP contribution in [0.2, 0.25) is 0 Å². The molecule has 0 bridgehead atoms. The van der Waals surface area contributed by atoms with Gasteiger partial charge in [0.2, 0.25) is 0 Å². The highest BCUT2D eigenvalue weighted by atomic mass is 79.9. The summed E-state index contributed by atoms with van der Waals surface area (Å²) in [4.78, 5) is 24.0. The summed E-state index contributed by atoms with van der Waals surface area (Å²) in [6.45, 7) is 0.0916. The van der Waals surface area contributed by atoms with Crippen molar-refractivity contribution >= 4 is 28.0 Å². The Morgan fingerprint density at radius 2 is 1.65 bits per heavy atom. The normalized spacial score (nSPS) is 13.2. The van der Waals surface area contributed by atoms with Crippen LogP contribution in [0.15, 0.2) is 71.2 Å². The monoisotopic (exact) mass is 483 g/mol. The summed E-state index contributed by atoms with van der Waals surface area (Å²) in [6.07, 6.45) is -0.811. The number of nitrogens with one attached hydrogen (secondary N) is 1. The number of halogens is 2. The SMILES string of the molecule is O=C(N[C@@H](Cc1ccc(F)c(Br)c1)C(=O)O)OCC1c2ccccc2-c2ccccc21. The average molecular weight is 484 g/mol. The number of ether oxygens (including phenoxy) is 1. The van der Waals surface area contributed by atoms with Gasteiger partial charge in [0.25, 0.3) is 0 Å². The second-order valence-corrected chi connectivity index (χ2v) is 8.17. The van der Waals surface area contributed by atoms with Gasteiger partial charge in [-0.05, 0) is 55.9 Å². The third-order valence-electron chi connectivity index (χ3n) is 5.36. The van der Waals surface area contributed by atoms with Crippen LogP contribution in [0.3, 0.4) is 0 Å². The first-order valence-electron chi connectivity index (χ1n) is 9.72. The summed E-state index contributed by atoms with van der Waals surface area (Å²) >= 11 is 3.08. The molecule has 31 heavy (non-hydrogen) atoms. The van der Waals surface area contributed by atoms with Gasteiger partial charge in [-0.1, -0.05) is 54.6 Å². The fourth-order valence-corrected chi connectivity index (χ4v) is 4.31. The molecule has 1 amide bonds. The third kappa shape index (κ3) is 4.46. The predicted octanol–water partition coefficient (Wildman–Crippen LogP) is 5.12. The molecule has 0 spiro atoms. The molecule has 1 aliphatic rings. The number of aliphatic carboxylic acids is 1. The molecule has 0 saturated heterocycles. The van der Waals surface area contributed by atoms with Crippen LogP contribution in [0, 0.1) is 5.82 Å². The van der Waals surface area contributed by atoms with Crippen molar-refractivity contribution < 1.29 is 23.8 Å². The molecule has 3 aromatic carbocycles. The van der Waals surface area contributed by atoms with Gasteiger partial charge in [0.05, 0.1) is 4.47 Å². The molecule has 0 aromatic heterocycles. The Hall–Kier alpha value is -3.19. The molecule has 1 aliphatic carbocycles. The van der Waals surface area contributed by atoms with E-state index in [0.717, 1.165) is 22.3 Å². The maximum atomic E-state index is 13.4. The summed E-state index contributed by atoms with van der Waals surface area (Å²) in [5.74, 6) is -1.76. The maximum Gasteiger partial charge on any atom is 0.407 e. The van der Waals surface area contributed by atoms with Crippen molar-refractivity contribution in [2.75, 3.05) is 6.61 Å². The van der Waals surface area contributed by atoms with Crippen molar-refractivity contribution in [1.82, 2.24) is 5.32 Å². The van der Waals surface area contributed by atoms with Gasteiger partial charge in [-0.3, -0.25) is 0 Å². The van der Waals surface area contributed by atoms with Crippen LogP contribution in [-0.4, -0.2) is 29.8 Å². The Kier molecular flexibility index (Phi) is 6.04. The second-order valence-electron chi connectivity index (χ2n) is 7.31. The minimum atomic E-state index is -1.20. The molecule has 4 rings (SSSR count). The van der Waals surface area contributed by atoms with Crippen LogP contribution in [0.25, 0.3) is 11.1 Å². The molecular weight excluding hydrogens is 465 g/mol. The first kappa shape index (κ1) is 21.1. The third-order valence-corrected chi connectivity index (χ3v) is 5.97. The molecule has 0 fully saturated rings. The van der Waals surface area contributed by atoms with Crippen LogP contribution in [0.5, 0.6) is 0 Å². The van der Waals surface area contributed by atoms with E-state index in [9.17, 15) is 19.1 Å². The lowest BCUT2D eigenvalue weighted by Gasteiger charge is -2.17. The molecule has 3 aromatic rings. The van der Waals surface area contributed by atoms with Crippen molar-refractivity contribution in [3.05, 3.63) is 93.7 Å². The highest BCUT2D eigenvalue weighted by Crippen LogP contribution is 2.44. The molecule has 5 nitrogen and oxygen atoms in total. The summed E-state index contributed by atoms with van der Waals surface area (Å²) in [5, 5.41) is 11.9. The van der Waals surface area contributed by atoms with Crippen molar-refractivity contribution in [3.63, 3.8) is 0 Å². The van der Waals surface area contributed by atoms with Crippen LogP contribution < -0.4 is 5.32 Å². The fraction of sp³-hybridized carbons (Fsp3) is 0.167. The quantitative estimate of drug-likeness (QED) is 0.509. The maximum absolute atomic E-state index is 13.4. The van der Waals surface area contributed by atoms with Gasteiger partial charge in [-0.15, -0.1) is 0 Å². The first-order chi connectivity index (χ1) is 14.9. The first-order valence-corrected chi connectivity index (χ1v) is 10.5. The van der Waals surface area contributed by atoms with E-state index in [2.05, 4.69) is 21.2 Å². The summed E-state index contributed by atoms with van der Waals surface area (Å²) in [7, 11) is 0. The molecule has 0 saturated carbocycles.